The lowest BCUT2D eigenvalue weighted by molar-refractivity contribution is -0.136. The minimum Gasteiger partial charge on any atom is -0.335 e. The third kappa shape index (κ3) is 5.25. The number of likely N-dealkylation sites (tertiary alicyclic amines) is 2. The molecule has 2 fully saturated rings. The molecule has 1 aromatic carbocycles. The molecule has 4 rings (SSSR count). The highest BCUT2D eigenvalue weighted by Crippen LogP contribution is 2.34. The molecule has 0 bridgehead atoms. The van der Waals surface area contributed by atoms with Crippen molar-refractivity contribution in [1.29, 1.82) is 0 Å². The third-order valence-electron chi connectivity index (χ3n) is 6.98. The van der Waals surface area contributed by atoms with E-state index >= 15 is 0 Å². The Bertz CT molecular complexity index is 914. The number of carbonyl (C=O) groups is 2. The average Bonchev–Trinajstić information content (AvgIpc) is 3.32. The van der Waals surface area contributed by atoms with Crippen molar-refractivity contribution < 1.29 is 9.59 Å². The molecule has 2 saturated heterocycles. The highest BCUT2D eigenvalue weighted by molar-refractivity contribution is 7.10. The van der Waals surface area contributed by atoms with Gasteiger partial charge in [-0.3, -0.25) is 9.59 Å². The molecule has 172 valence electrons. The molecule has 2 unspecified atom stereocenters. The Balaban J connectivity index is 1.45. The highest BCUT2D eigenvalue weighted by Gasteiger charge is 2.35. The normalized spacial score (nSPS) is 22.3. The summed E-state index contributed by atoms with van der Waals surface area (Å²) in [5, 5.41) is 2.10. The Hall–Kier alpha value is -2.14. The summed E-state index contributed by atoms with van der Waals surface area (Å²) in [6.45, 7) is 8.05. The van der Waals surface area contributed by atoms with Gasteiger partial charge in [0, 0.05) is 36.9 Å². The third-order valence-corrected chi connectivity index (χ3v) is 7.95. The number of rotatable bonds is 5. The van der Waals surface area contributed by atoms with E-state index < -0.39 is 0 Å². The number of hydrogen-bond acceptors (Lipinski definition) is 3. The number of benzene rings is 1. The van der Waals surface area contributed by atoms with E-state index in [9.17, 15) is 9.59 Å². The Morgan fingerprint density at radius 1 is 1.06 bits per heavy atom. The van der Waals surface area contributed by atoms with E-state index in [2.05, 4.69) is 67.4 Å². The molecule has 0 spiro atoms. The van der Waals surface area contributed by atoms with Crippen LogP contribution in [0.25, 0.3) is 0 Å². The van der Waals surface area contributed by atoms with Crippen molar-refractivity contribution in [2.24, 2.45) is 0 Å². The molecule has 3 heterocycles. The molecular weight excluding hydrogens is 416 g/mol. The first-order valence-corrected chi connectivity index (χ1v) is 12.9. The fourth-order valence-electron chi connectivity index (χ4n) is 5.03. The maximum atomic E-state index is 13.5. The van der Waals surface area contributed by atoms with Gasteiger partial charge in [-0.1, -0.05) is 63.9 Å². The summed E-state index contributed by atoms with van der Waals surface area (Å²) in [6, 6.07) is 13.0. The molecule has 2 aliphatic heterocycles. The second kappa shape index (κ2) is 9.78. The van der Waals surface area contributed by atoms with Crippen molar-refractivity contribution in [1.82, 2.24) is 9.80 Å². The topological polar surface area (TPSA) is 40.6 Å². The summed E-state index contributed by atoms with van der Waals surface area (Å²) in [5.74, 6) is 0.381. The van der Waals surface area contributed by atoms with Gasteiger partial charge in [0.2, 0.25) is 11.8 Å². The van der Waals surface area contributed by atoms with Crippen LogP contribution >= 0.6 is 11.3 Å². The molecular formula is C27H36N2O2S. The van der Waals surface area contributed by atoms with Gasteiger partial charge in [-0.15, -0.1) is 11.3 Å². The molecule has 0 radical (unpaired) electrons. The first-order chi connectivity index (χ1) is 15.3. The lowest BCUT2D eigenvalue weighted by atomic mass is 9.87. The second-order valence-corrected chi connectivity index (χ2v) is 11.3. The van der Waals surface area contributed by atoms with Gasteiger partial charge in [-0.2, -0.15) is 0 Å². The first-order valence-electron chi connectivity index (χ1n) is 12.0. The van der Waals surface area contributed by atoms with E-state index in [0.29, 0.717) is 19.4 Å². The summed E-state index contributed by atoms with van der Waals surface area (Å²) in [5.41, 5.74) is 2.54. The maximum absolute atomic E-state index is 13.5. The standard InChI is InChI=1S/C27H36N2O2S/c1-27(2,3)21-12-10-20(11-13-21)19-29-22(14-15-25(29)30)18-26(31)28-16-6-4-5-8-23(28)24-9-7-17-32-24/h7,9-13,17,22-23H,4-6,8,14-16,18-19H2,1-3H3. The minimum atomic E-state index is 0.00420. The molecule has 2 aromatic rings. The number of thiophene rings is 1. The number of hydrogen-bond donors (Lipinski definition) is 0. The van der Waals surface area contributed by atoms with Gasteiger partial charge in [0.25, 0.3) is 0 Å². The van der Waals surface area contributed by atoms with Crippen LogP contribution in [0.5, 0.6) is 0 Å². The van der Waals surface area contributed by atoms with Crippen LogP contribution in [0, 0.1) is 0 Å². The van der Waals surface area contributed by atoms with Gasteiger partial charge in [0.05, 0.1) is 6.04 Å². The van der Waals surface area contributed by atoms with Gasteiger partial charge >= 0.3 is 0 Å². The van der Waals surface area contributed by atoms with E-state index in [0.717, 1.165) is 31.4 Å². The van der Waals surface area contributed by atoms with E-state index in [1.54, 1.807) is 11.3 Å². The summed E-state index contributed by atoms with van der Waals surface area (Å²) < 4.78 is 0. The smallest absolute Gasteiger partial charge is 0.225 e. The summed E-state index contributed by atoms with van der Waals surface area (Å²) in [7, 11) is 0. The zero-order valence-corrected chi connectivity index (χ0v) is 20.5. The SMILES string of the molecule is CC(C)(C)c1ccc(CN2C(=O)CCC2CC(=O)N2CCCCCC2c2cccs2)cc1. The van der Waals surface area contributed by atoms with Crippen LogP contribution in [0.1, 0.15) is 87.8 Å². The number of nitrogens with zero attached hydrogens (tertiary/aromatic N) is 2. The molecule has 2 aliphatic rings. The molecule has 4 nitrogen and oxygen atoms in total. The van der Waals surface area contributed by atoms with Crippen LogP contribution in [-0.2, 0) is 21.5 Å². The largest absolute Gasteiger partial charge is 0.335 e. The van der Waals surface area contributed by atoms with Crippen LogP contribution in [0.4, 0.5) is 0 Å². The fourth-order valence-corrected chi connectivity index (χ4v) is 5.91. The Kier molecular flexibility index (Phi) is 7.04. The molecule has 5 heteroatoms. The average molecular weight is 453 g/mol. The number of carbonyl (C=O) groups excluding carboxylic acids is 2. The van der Waals surface area contributed by atoms with E-state index in [1.165, 1.54) is 23.3 Å². The predicted octanol–water partition coefficient (Wildman–Crippen LogP) is 6.07. The number of amides is 2. The quantitative estimate of drug-likeness (QED) is 0.552. The predicted molar refractivity (Wildman–Crippen MR) is 131 cm³/mol. The summed E-state index contributed by atoms with van der Waals surface area (Å²) in [6.07, 6.45) is 6.23. The van der Waals surface area contributed by atoms with Gasteiger partial charge in [0.15, 0.2) is 0 Å². The van der Waals surface area contributed by atoms with Crippen molar-refractivity contribution in [3.8, 4) is 0 Å². The van der Waals surface area contributed by atoms with Gasteiger partial charge in [-0.05, 0) is 47.3 Å². The zero-order chi connectivity index (χ0) is 22.7. The van der Waals surface area contributed by atoms with Crippen LogP contribution < -0.4 is 0 Å². The molecule has 1 aromatic heterocycles. The van der Waals surface area contributed by atoms with Gasteiger partial charge in [0.1, 0.15) is 0 Å². The van der Waals surface area contributed by atoms with Crippen LogP contribution in [0.15, 0.2) is 41.8 Å². The Morgan fingerprint density at radius 3 is 2.53 bits per heavy atom. The highest BCUT2D eigenvalue weighted by atomic mass is 32.1. The second-order valence-electron chi connectivity index (χ2n) is 10.3. The molecule has 0 aliphatic carbocycles. The Morgan fingerprint density at radius 2 is 1.84 bits per heavy atom. The lowest BCUT2D eigenvalue weighted by Gasteiger charge is -2.32. The van der Waals surface area contributed by atoms with Crippen LogP contribution in [0.2, 0.25) is 0 Å². The monoisotopic (exact) mass is 452 g/mol. The van der Waals surface area contributed by atoms with Crippen molar-refractivity contribution >= 4 is 23.2 Å². The Labute approximate surface area is 196 Å². The van der Waals surface area contributed by atoms with Crippen molar-refractivity contribution in [3.63, 3.8) is 0 Å². The van der Waals surface area contributed by atoms with E-state index in [4.69, 9.17) is 0 Å². The van der Waals surface area contributed by atoms with Gasteiger partial charge in [-0.25, -0.2) is 0 Å². The lowest BCUT2D eigenvalue weighted by Crippen LogP contribution is -2.40. The molecule has 0 saturated carbocycles. The zero-order valence-electron chi connectivity index (χ0n) is 19.7. The maximum Gasteiger partial charge on any atom is 0.225 e. The molecule has 2 amide bonds. The van der Waals surface area contributed by atoms with Crippen molar-refractivity contribution in [2.75, 3.05) is 6.54 Å². The van der Waals surface area contributed by atoms with Crippen LogP contribution in [-0.4, -0.2) is 34.2 Å². The molecule has 32 heavy (non-hydrogen) atoms. The molecule has 0 N–H and O–H groups in total. The summed E-state index contributed by atoms with van der Waals surface area (Å²) >= 11 is 1.75. The molecule has 2 atom stereocenters. The first kappa shape index (κ1) is 23.0. The van der Waals surface area contributed by atoms with E-state index in [-0.39, 0.29) is 29.3 Å². The fraction of sp³-hybridized carbons (Fsp3) is 0.556. The van der Waals surface area contributed by atoms with Crippen molar-refractivity contribution in [3.05, 3.63) is 57.8 Å². The summed E-state index contributed by atoms with van der Waals surface area (Å²) in [4.78, 5) is 31.5. The van der Waals surface area contributed by atoms with Crippen LogP contribution in [0.3, 0.4) is 0 Å². The van der Waals surface area contributed by atoms with Crippen molar-refractivity contribution in [2.45, 2.75) is 89.8 Å². The van der Waals surface area contributed by atoms with Gasteiger partial charge < -0.3 is 9.80 Å². The van der Waals surface area contributed by atoms with E-state index in [1.807, 2.05) is 4.90 Å². The minimum absolute atomic E-state index is 0.00420.